The number of hydrogen-bond acceptors (Lipinski definition) is 6. The summed E-state index contributed by atoms with van der Waals surface area (Å²) < 4.78 is 18.8. The van der Waals surface area contributed by atoms with Crippen LogP contribution in [0.25, 0.3) is 10.9 Å². The highest BCUT2D eigenvalue weighted by Gasteiger charge is 2.34. The van der Waals surface area contributed by atoms with Gasteiger partial charge in [0.25, 0.3) is 0 Å². The van der Waals surface area contributed by atoms with E-state index in [1.165, 1.54) is 12.1 Å². The molecule has 0 radical (unpaired) electrons. The first-order valence-electron chi connectivity index (χ1n) is 12.5. The monoisotopic (exact) mass is 546 g/mol. The number of rotatable bonds is 11. The first kappa shape index (κ1) is 27.6. The maximum atomic E-state index is 13.5. The normalized spacial score (nSPS) is 19.1. The lowest BCUT2D eigenvalue weighted by Crippen LogP contribution is -2.44. The summed E-state index contributed by atoms with van der Waals surface area (Å²) in [6.45, 7) is 2.12. The van der Waals surface area contributed by atoms with E-state index in [4.69, 9.17) is 16.3 Å². The van der Waals surface area contributed by atoms with Crippen molar-refractivity contribution < 1.29 is 24.1 Å². The number of benzene rings is 2. The third-order valence-electron chi connectivity index (χ3n) is 7.03. The Labute approximate surface area is 225 Å². The average Bonchev–Trinajstić information content (AvgIpc) is 2.88. The third-order valence-corrected chi connectivity index (χ3v) is 8.31. The Kier molecular flexibility index (Phi) is 9.65. The second-order valence-electron chi connectivity index (χ2n) is 9.48. The third kappa shape index (κ3) is 7.35. The Hall–Kier alpha value is -2.39. The van der Waals surface area contributed by atoms with Crippen molar-refractivity contribution in [1.29, 1.82) is 0 Å². The highest BCUT2D eigenvalue weighted by molar-refractivity contribution is 7.99. The van der Waals surface area contributed by atoms with Crippen molar-refractivity contribution in [3.8, 4) is 5.75 Å². The molecule has 0 bridgehead atoms. The van der Waals surface area contributed by atoms with E-state index in [-0.39, 0.29) is 11.7 Å². The second-order valence-corrected chi connectivity index (χ2v) is 11.1. The van der Waals surface area contributed by atoms with Crippen molar-refractivity contribution in [3.63, 3.8) is 0 Å². The first-order chi connectivity index (χ1) is 17.8. The van der Waals surface area contributed by atoms with Gasteiger partial charge in [0, 0.05) is 28.0 Å². The summed E-state index contributed by atoms with van der Waals surface area (Å²) in [4.78, 5) is 19.5. The van der Waals surface area contributed by atoms with Crippen molar-refractivity contribution in [1.82, 2.24) is 9.88 Å². The van der Waals surface area contributed by atoms with Gasteiger partial charge in [-0.3, -0.25) is 9.78 Å². The number of carboxylic acids is 1. The van der Waals surface area contributed by atoms with Crippen molar-refractivity contribution in [2.24, 2.45) is 11.8 Å². The largest absolute Gasteiger partial charge is 0.497 e. The number of hydrogen-bond donors (Lipinski definition) is 2. The summed E-state index contributed by atoms with van der Waals surface area (Å²) in [5, 5.41) is 22.1. The lowest BCUT2D eigenvalue weighted by molar-refractivity contribution is -0.146. The van der Waals surface area contributed by atoms with Crippen LogP contribution < -0.4 is 4.74 Å². The van der Waals surface area contributed by atoms with Gasteiger partial charge in [-0.1, -0.05) is 11.6 Å². The molecule has 1 aliphatic heterocycles. The van der Waals surface area contributed by atoms with E-state index in [9.17, 15) is 19.4 Å². The predicted octanol–water partition coefficient (Wildman–Crippen LogP) is 6.05. The van der Waals surface area contributed by atoms with Crippen molar-refractivity contribution >= 4 is 40.2 Å². The molecule has 1 aliphatic rings. The molecule has 6 nitrogen and oxygen atoms in total. The van der Waals surface area contributed by atoms with Gasteiger partial charge in [-0.15, -0.1) is 11.8 Å². The summed E-state index contributed by atoms with van der Waals surface area (Å²) >= 11 is 7.47. The molecule has 0 unspecified atom stereocenters. The van der Waals surface area contributed by atoms with Crippen LogP contribution in [0.3, 0.4) is 0 Å². The molecule has 2 aromatic carbocycles. The maximum Gasteiger partial charge on any atom is 0.308 e. The minimum Gasteiger partial charge on any atom is -0.497 e. The number of fused-ring (bicyclic) bond motifs is 1. The highest BCUT2D eigenvalue weighted by Crippen LogP contribution is 2.34. The number of aliphatic hydroxyl groups excluding tert-OH is 1. The number of thioether (sulfide) groups is 1. The smallest absolute Gasteiger partial charge is 0.308 e. The van der Waals surface area contributed by atoms with Crippen molar-refractivity contribution in [2.45, 2.75) is 36.7 Å². The Bertz CT molecular complexity index is 1210. The van der Waals surface area contributed by atoms with Crippen LogP contribution in [0.4, 0.5) is 4.39 Å². The van der Waals surface area contributed by atoms with Gasteiger partial charge < -0.3 is 19.8 Å². The molecule has 2 heterocycles. The summed E-state index contributed by atoms with van der Waals surface area (Å²) in [5.41, 5.74) is 1.57. The van der Waals surface area contributed by atoms with Crippen LogP contribution in [0, 0.1) is 17.7 Å². The number of likely N-dealkylation sites (tertiary alicyclic amines) is 1. The minimum atomic E-state index is -0.785. The van der Waals surface area contributed by atoms with Gasteiger partial charge in [-0.05, 0) is 98.5 Å². The Morgan fingerprint density at radius 3 is 2.89 bits per heavy atom. The zero-order chi connectivity index (χ0) is 26.4. The van der Waals surface area contributed by atoms with E-state index in [0.29, 0.717) is 30.2 Å². The van der Waals surface area contributed by atoms with Crippen LogP contribution in [0.1, 0.15) is 37.4 Å². The fraction of sp³-hybridized carbons (Fsp3) is 0.429. The van der Waals surface area contributed by atoms with Gasteiger partial charge in [-0.25, -0.2) is 4.39 Å². The van der Waals surface area contributed by atoms with Gasteiger partial charge in [0.15, 0.2) is 0 Å². The molecular formula is C28H32ClFN2O4S. The van der Waals surface area contributed by atoms with E-state index < -0.39 is 18.0 Å². The number of nitrogens with zero attached hydrogens (tertiary/aromatic N) is 2. The summed E-state index contributed by atoms with van der Waals surface area (Å²) in [5.74, 6) is -0.0885. The average molecular weight is 547 g/mol. The molecule has 37 heavy (non-hydrogen) atoms. The standard InChI is InChI=1S/C28H32ClFN2O4S/c1-36-21-4-5-26-24(16-21)23(7-9-31-26)27(33)6-3-18-8-11-32(17-25(18)28(34)35)10-2-12-37-22-14-19(29)13-20(30)15-22/h4-5,7,9,13-16,18,25,27,33H,2-3,6,8,10-12,17H2,1H3,(H,34,35)/t18-,25+,27+/m1/s1. The fourth-order valence-corrected chi connectivity index (χ4v) is 6.28. The molecule has 1 saturated heterocycles. The van der Waals surface area contributed by atoms with E-state index in [2.05, 4.69) is 9.88 Å². The molecule has 0 saturated carbocycles. The molecule has 0 spiro atoms. The van der Waals surface area contributed by atoms with Crippen LogP contribution in [-0.2, 0) is 4.79 Å². The van der Waals surface area contributed by atoms with Crippen LogP contribution in [0.15, 0.2) is 53.6 Å². The van der Waals surface area contributed by atoms with Crippen LogP contribution in [0.2, 0.25) is 5.02 Å². The topological polar surface area (TPSA) is 82.9 Å². The number of aromatic nitrogens is 1. The molecule has 0 amide bonds. The minimum absolute atomic E-state index is 0.00912. The quantitative estimate of drug-likeness (QED) is 0.223. The molecule has 4 rings (SSSR count). The number of aliphatic carboxylic acids is 1. The maximum absolute atomic E-state index is 13.5. The molecule has 0 aliphatic carbocycles. The Morgan fingerprint density at radius 2 is 2.14 bits per heavy atom. The summed E-state index contributed by atoms with van der Waals surface area (Å²) in [6, 6.07) is 11.9. The van der Waals surface area contributed by atoms with E-state index in [1.54, 1.807) is 31.1 Å². The first-order valence-corrected chi connectivity index (χ1v) is 13.8. The number of pyridine rings is 1. The number of carboxylic acid groups (broad SMARTS) is 1. The van der Waals surface area contributed by atoms with Crippen LogP contribution >= 0.6 is 23.4 Å². The van der Waals surface area contributed by atoms with Gasteiger partial charge in [0.2, 0.25) is 0 Å². The molecule has 9 heteroatoms. The van der Waals surface area contributed by atoms with Gasteiger partial charge in [0.05, 0.1) is 24.6 Å². The molecule has 3 aromatic rings. The molecule has 1 fully saturated rings. The summed E-state index contributed by atoms with van der Waals surface area (Å²) in [6.07, 6.45) is 3.74. The van der Waals surface area contributed by atoms with Gasteiger partial charge in [-0.2, -0.15) is 0 Å². The van der Waals surface area contributed by atoms with Crippen molar-refractivity contribution in [3.05, 3.63) is 65.1 Å². The summed E-state index contributed by atoms with van der Waals surface area (Å²) in [7, 11) is 1.60. The number of ether oxygens (including phenoxy) is 1. The van der Waals surface area contributed by atoms with E-state index in [1.807, 2.05) is 24.3 Å². The lowest BCUT2D eigenvalue weighted by atomic mass is 9.81. The molecule has 1 aromatic heterocycles. The number of aliphatic hydroxyl groups is 1. The van der Waals surface area contributed by atoms with Gasteiger partial charge >= 0.3 is 5.97 Å². The van der Waals surface area contributed by atoms with E-state index in [0.717, 1.165) is 53.0 Å². The fourth-order valence-electron chi connectivity index (χ4n) is 5.08. The zero-order valence-electron chi connectivity index (χ0n) is 20.8. The lowest BCUT2D eigenvalue weighted by Gasteiger charge is -2.37. The highest BCUT2D eigenvalue weighted by atomic mass is 35.5. The Morgan fingerprint density at radius 1 is 1.30 bits per heavy atom. The molecular weight excluding hydrogens is 515 g/mol. The number of methoxy groups -OCH3 is 1. The molecule has 3 atom stereocenters. The van der Waals surface area contributed by atoms with Crippen molar-refractivity contribution in [2.75, 3.05) is 32.5 Å². The van der Waals surface area contributed by atoms with Crippen LogP contribution in [0.5, 0.6) is 5.75 Å². The number of carbonyl (C=O) groups is 1. The molecule has 2 N–H and O–H groups in total. The molecule has 198 valence electrons. The zero-order valence-corrected chi connectivity index (χ0v) is 22.3. The predicted molar refractivity (Wildman–Crippen MR) is 145 cm³/mol. The number of halogens is 2. The van der Waals surface area contributed by atoms with Crippen LogP contribution in [-0.4, -0.2) is 58.6 Å². The SMILES string of the molecule is COc1ccc2nccc([C@@H](O)CC[C@@H]3CCN(CCCSc4cc(F)cc(Cl)c4)C[C@@H]3C(=O)O)c2c1. The Balaban J connectivity index is 1.29. The van der Waals surface area contributed by atoms with E-state index >= 15 is 0 Å². The number of piperidine rings is 1. The van der Waals surface area contributed by atoms with Gasteiger partial charge in [0.1, 0.15) is 11.6 Å². The second kappa shape index (κ2) is 12.9.